The number of carbonyl (C=O) groups is 1. The zero-order valence-electron chi connectivity index (χ0n) is 13.2. The largest absolute Gasteiger partial charge is 0.489 e. The zero-order valence-corrected chi connectivity index (χ0v) is 13.2. The second-order valence-corrected chi connectivity index (χ2v) is 5.60. The Bertz CT molecular complexity index is 543. The monoisotopic (exact) mass is 305 g/mol. The quantitative estimate of drug-likeness (QED) is 0.836. The highest BCUT2D eigenvalue weighted by atomic mass is 16.5. The van der Waals surface area contributed by atoms with Crippen molar-refractivity contribution in [1.29, 1.82) is 0 Å². The normalized spacial score (nSPS) is 19.2. The van der Waals surface area contributed by atoms with Crippen molar-refractivity contribution in [1.82, 2.24) is 5.32 Å². The molecule has 3 rings (SSSR count). The van der Waals surface area contributed by atoms with Crippen LogP contribution in [0.4, 0.5) is 11.4 Å². The van der Waals surface area contributed by atoms with Gasteiger partial charge in [-0.15, -0.1) is 0 Å². The van der Waals surface area contributed by atoms with Crippen LogP contribution in [0.25, 0.3) is 0 Å². The number of hydrogen-bond acceptors (Lipinski definition) is 6. The molecule has 0 radical (unpaired) electrons. The Morgan fingerprint density at radius 3 is 2.82 bits per heavy atom. The highest BCUT2D eigenvalue weighted by Gasteiger charge is 2.31. The summed E-state index contributed by atoms with van der Waals surface area (Å²) in [5, 5.41) is 3.37. The Labute approximate surface area is 131 Å². The number of nitrogens with one attached hydrogen (secondary N) is 1. The Morgan fingerprint density at radius 2 is 2.09 bits per heavy atom. The summed E-state index contributed by atoms with van der Waals surface area (Å²) in [5.74, 6) is 0.626. The first-order valence-corrected chi connectivity index (χ1v) is 7.78. The summed E-state index contributed by atoms with van der Waals surface area (Å²) in [5.41, 5.74) is 2.14. The van der Waals surface area contributed by atoms with E-state index in [4.69, 9.17) is 9.47 Å². The highest BCUT2D eigenvalue weighted by molar-refractivity contribution is 5.86. The van der Waals surface area contributed by atoms with Crippen LogP contribution in [-0.4, -0.2) is 58.5 Å². The molecule has 0 bridgehead atoms. The van der Waals surface area contributed by atoms with E-state index in [1.54, 1.807) is 0 Å². The molecular weight excluding hydrogens is 282 g/mol. The van der Waals surface area contributed by atoms with Gasteiger partial charge >= 0.3 is 5.97 Å². The summed E-state index contributed by atoms with van der Waals surface area (Å²) >= 11 is 0. The molecule has 1 N–H and O–H groups in total. The number of methoxy groups -OCH3 is 1. The minimum Gasteiger partial charge on any atom is -0.489 e. The highest BCUT2D eigenvalue weighted by Crippen LogP contribution is 2.41. The van der Waals surface area contributed by atoms with E-state index >= 15 is 0 Å². The van der Waals surface area contributed by atoms with Gasteiger partial charge in [0.15, 0.2) is 0 Å². The van der Waals surface area contributed by atoms with Crippen molar-refractivity contribution in [2.45, 2.75) is 13.0 Å². The molecule has 1 fully saturated rings. The summed E-state index contributed by atoms with van der Waals surface area (Å²) in [6.07, 6.45) is 0. The van der Waals surface area contributed by atoms with Crippen LogP contribution in [-0.2, 0) is 9.53 Å². The number of rotatable bonds is 3. The van der Waals surface area contributed by atoms with E-state index in [9.17, 15) is 4.79 Å². The van der Waals surface area contributed by atoms with Gasteiger partial charge < -0.3 is 24.6 Å². The molecule has 22 heavy (non-hydrogen) atoms. The predicted molar refractivity (Wildman–Crippen MR) is 85.8 cm³/mol. The Kier molecular flexibility index (Phi) is 4.38. The lowest BCUT2D eigenvalue weighted by molar-refractivity contribution is -0.141. The smallest absolute Gasteiger partial charge is 0.328 e. The third-order valence-electron chi connectivity index (χ3n) is 4.32. The number of hydrogen-bond donors (Lipinski definition) is 1. The fourth-order valence-corrected chi connectivity index (χ4v) is 3.13. The molecule has 2 aliphatic heterocycles. The van der Waals surface area contributed by atoms with Gasteiger partial charge in [0.2, 0.25) is 0 Å². The molecule has 0 aliphatic carbocycles. The lowest BCUT2D eigenvalue weighted by atomic mass is 10.1. The zero-order chi connectivity index (χ0) is 15.5. The molecule has 6 heteroatoms. The van der Waals surface area contributed by atoms with E-state index in [1.807, 2.05) is 19.1 Å². The molecule has 1 aromatic carbocycles. The van der Waals surface area contributed by atoms with Crippen LogP contribution in [0, 0.1) is 0 Å². The van der Waals surface area contributed by atoms with Crippen molar-refractivity contribution in [3.05, 3.63) is 18.2 Å². The van der Waals surface area contributed by atoms with E-state index in [1.165, 1.54) is 7.11 Å². The van der Waals surface area contributed by atoms with Crippen LogP contribution in [0.3, 0.4) is 0 Å². The molecular formula is C16H23N3O3. The van der Waals surface area contributed by atoms with E-state index in [0.717, 1.165) is 43.3 Å². The van der Waals surface area contributed by atoms with E-state index in [0.29, 0.717) is 13.2 Å². The first-order valence-electron chi connectivity index (χ1n) is 7.78. The molecule has 0 amide bonds. The maximum absolute atomic E-state index is 12.0. The second-order valence-electron chi connectivity index (χ2n) is 5.60. The molecule has 0 saturated carbocycles. The van der Waals surface area contributed by atoms with Crippen molar-refractivity contribution in [2.24, 2.45) is 0 Å². The fourth-order valence-electron chi connectivity index (χ4n) is 3.13. The average Bonchev–Trinajstić information content (AvgIpc) is 2.60. The number of piperazine rings is 1. The molecule has 120 valence electrons. The molecule has 1 atom stereocenters. The lowest BCUT2D eigenvalue weighted by Crippen LogP contribution is -2.47. The Hall–Kier alpha value is -1.95. The van der Waals surface area contributed by atoms with Crippen LogP contribution >= 0.6 is 0 Å². The standard InChI is InChI=1S/C16H23N3O3/c1-12(16(20)21-2)19-10-11-22-14-5-3-4-13(15(14)19)18-8-6-17-7-9-18/h3-5,12,17H,6-11H2,1-2H3. The third-order valence-corrected chi connectivity index (χ3v) is 4.32. The third kappa shape index (κ3) is 2.70. The van der Waals surface area contributed by atoms with Crippen LogP contribution in [0.1, 0.15) is 6.92 Å². The van der Waals surface area contributed by atoms with E-state index in [-0.39, 0.29) is 12.0 Å². The number of nitrogens with zero attached hydrogens (tertiary/aromatic N) is 2. The number of anilines is 2. The van der Waals surface area contributed by atoms with Crippen molar-refractivity contribution >= 4 is 17.3 Å². The topological polar surface area (TPSA) is 54.0 Å². The van der Waals surface area contributed by atoms with Gasteiger partial charge in [0, 0.05) is 26.2 Å². The maximum atomic E-state index is 12.0. The number of benzene rings is 1. The number of fused-ring (bicyclic) bond motifs is 1. The molecule has 1 aromatic rings. The SMILES string of the molecule is COC(=O)C(C)N1CCOc2cccc(N3CCNCC3)c21. The van der Waals surface area contributed by atoms with Crippen LogP contribution in [0.2, 0.25) is 0 Å². The lowest BCUT2D eigenvalue weighted by Gasteiger charge is -2.39. The Morgan fingerprint density at radius 1 is 1.32 bits per heavy atom. The van der Waals surface area contributed by atoms with Crippen molar-refractivity contribution in [3.8, 4) is 5.75 Å². The minimum atomic E-state index is -0.322. The van der Waals surface area contributed by atoms with Crippen molar-refractivity contribution < 1.29 is 14.3 Å². The summed E-state index contributed by atoms with van der Waals surface area (Å²) < 4.78 is 10.7. The van der Waals surface area contributed by atoms with E-state index < -0.39 is 0 Å². The molecule has 0 spiro atoms. The molecule has 1 unspecified atom stereocenters. The van der Waals surface area contributed by atoms with Crippen molar-refractivity contribution in [2.75, 3.05) is 56.2 Å². The molecule has 1 saturated heterocycles. The summed E-state index contributed by atoms with van der Waals surface area (Å²) in [6, 6.07) is 5.77. The second kappa shape index (κ2) is 6.44. The van der Waals surface area contributed by atoms with Gasteiger partial charge in [0.05, 0.1) is 19.3 Å². The van der Waals surface area contributed by atoms with Gasteiger partial charge in [0.25, 0.3) is 0 Å². The molecule has 6 nitrogen and oxygen atoms in total. The fraction of sp³-hybridized carbons (Fsp3) is 0.562. The summed E-state index contributed by atoms with van der Waals surface area (Å²) in [7, 11) is 1.43. The molecule has 2 aliphatic rings. The number of para-hydroxylation sites is 1. The summed E-state index contributed by atoms with van der Waals surface area (Å²) in [6.45, 7) is 7.00. The van der Waals surface area contributed by atoms with Gasteiger partial charge in [-0.1, -0.05) is 6.07 Å². The van der Waals surface area contributed by atoms with Gasteiger partial charge in [-0.2, -0.15) is 0 Å². The van der Waals surface area contributed by atoms with Gasteiger partial charge in [0.1, 0.15) is 24.1 Å². The van der Waals surface area contributed by atoms with Gasteiger partial charge in [-0.3, -0.25) is 0 Å². The van der Waals surface area contributed by atoms with Crippen LogP contribution < -0.4 is 19.9 Å². The number of esters is 1. The number of ether oxygens (including phenoxy) is 2. The molecule has 0 aromatic heterocycles. The predicted octanol–water partition coefficient (Wildman–Crippen LogP) is 0.856. The molecule has 2 heterocycles. The first kappa shape index (κ1) is 15.0. The number of carbonyl (C=O) groups excluding carboxylic acids is 1. The van der Waals surface area contributed by atoms with Gasteiger partial charge in [-0.25, -0.2) is 4.79 Å². The van der Waals surface area contributed by atoms with E-state index in [2.05, 4.69) is 21.2 Å². The van der Waals surface area contributed by atoms with Gasteiger partial charge in [-0.05, 0) is 19.1 Å². The van der Waals surface area contributed by atoms with Crippen LogP contribution in [0.5, 0.6) is 5.75 Å². The van der Waals surface area contributed by atoms with Crippen molar-refractivity contribution in [3.63, 3.8) is 0 Å². The Balaban J connectivity index is 1.98. The minimum absolute atomic E-state index is 0.219. The first-order chi connectivity index (χ1) is 10.7. The van der Waals surface area contributed by atoms with Crippen LogP contribution in [0.15, 0.2) is 18.2 Å². The maximum Gasteiger partial charge on any atom is 0.328 e. The summed E-state index contributed by atoms with van der Waals surface area (Å²) in [4.78, 5) is 16.4. The average molecular weight is 305 g/mol.